The number of quaternary nitrogens is 1. The number of imidazole rings is 1. The van der Waals surface area contributed by atoms with Gasteiger partial charge in [-0.15, -0.1) is 0 Å². The van der Waals surface area contributed by atoms with Crippen LogP contribution < -0.4 is 5.32 Å². The molecule has 0 saturated carbocycles. The van der Waals surface area contributed by atoms with Gasteiger partial charge in [-0.25, -0.2) is 4.98 Å². The van der Waals surface area contributed by atoms with E-state index in [9.17, 15) is 18.3 Å². The van der Waals surface area contributed by atoms with Crippen molar-refractivity contribution in [2.45, 2.75) is 18.8 Å². The lowest BCUT2D eigenvalue weighted by molar-refractivity contribution is -0.634. The van der Waals surface area contributed by atoms with Crippen LogP contribution in [0.25, 0.3) is 11.0 Å². The monoisotopic (exact) mass is 274 g/mol. The topological polar surface area (TPSA) is 54.7 Å². The molecule has 1 aromatic heterocycles. The molecule has 0 aliphatic rings. The van der Waals surface area contributed by atoms with Gasteiger partial charge in [0.2, 0.25) is 5.82 Å². The lowest BCUT2D eigenvalue weighted by Crippen LogP contribution is -2.82. The molecule has 0 amide bonds. The normalized spacial score (nSPS) is 13.9. The number of rotatable bonds is 4. The standard InChI is InChI=1S/C12H14F3N3O/c1-16-6-8(19)7-18-10-5-3-2-4-9(10)17-11(18)12(13,14)15/h2-5,8,16,19H,6-7H2,1H3/p+1/t8-/m1/s1. The van der Waals surface area contributed by atoms with Gasteiger partial charge < -0.3 is 15.0 Å². The fraction of sp³-hybridized carbons (Fsp3) is 0.417. The first-order valence-corrected chi connectivity index (χ1v) is 5.92. The van der Waals surface area contributed by atoms with E-state index in [-0.39, 0.29) is 12.1 Å². The van der Waals surface area contributed by atoms with Crippen molar-refractivity contribution in [3.05, 3.63) is 30.1 Å². The maximum atomic E-state index is 13.0. The predicted molar refractivity (Wildman–Crippen MR) is 63.5 cm³/mol. The number of hydrogen-bond donors (Lipinski definition) is 2. The maximum absolute atomic E-state index is 13.0. The minimum Gasteiger partial charge on any atom is -0.385 e. The Bertz CT molecular complexity index is 565. The number of nitrogens with two attached hydrogens (primary N) is 1. The molecule has 0 bridgehead atoms. The SMILES string of the molecule is C[NH2+]C[C@@H](O)Cn1c(C(F)(F)F)nc2ccccc21. The van der Waals surface area contributed by atoms with Gasteiger partial charge in [0.15, 0.2) is 0 Å². The molecular formula is C12H15F3N3O+. The molecule has 7 heteroatoms. The van der Waals surface area contributed by atoms with Crippen molar-refractivity contribution in [3.63, 3.8) is 0 Å². The first-order valence-electron chi connectivity index (χ1n) is 5.92. The Labute approximate surface area is 107 Å². The first kappa shape index (κ1) is 13.8. The van der Waals surface area contributed by atoms with Crippen LogP contribution in [0.5, 0.6) is 0 Å². The van der Waals surface area contributed by atoms with E-state index in [0.717, 1.165) is 4.57 Å². The highest BCUT2D eigenvalue weighted by atomic mass is 19.4. The van der Waals surface area contributed by atoms with Crippen molar-refractivity contribution in [2.75, 3.05) is 13.6 Å². The number of halogens is 3. The van der Waals surface area contributed by atoms with E-state index in [1.54, 1.807) is 30.6 Å². The molecule has 1 atom stereocenters. The minimum absolute atomic E-state index is 0.125. The van der Waals surface area contributed by atoms with E-state index in [1.165, 1.54) is 6.07 Å². The largest absolute Gasteiger partial charge is 0.449 e. The Kier molecular flexibility index (Phi) is 3.77. The molecule has 0 unspecified atom stereocenters. The summed E-state index contributed by atoms with van der Waals surface area (Å²) in [5.41, 5.74) is 0.660. The van der Waals surface area contributed by atoms with Crippen molar-refractivity contribution < 1.29 is 23.6 Å². The Balaban J connectivity index is 2.49. The van der Waals surface area contributed by atoms with Gasteiger partial charge in [0, 0.05) is 0 Å². The van der Waals surface area contributed by atoms with Gasteiger partial charge in [-0.05, 0) is 12.1 Å². The summed E-state index contributed by atoms with van der Waals surface area (Å²) in [6.45, 7) is 0.212. The fourth-order valence-corrected chi connectivity index (χ4v) is 2.03. The third kappa shape index (κ3) is 2.87. The van der Waals surface area contributed by atoms with Crippen molar-refractivity contribution in [3.8, 4) is 0 Å². The molecule has 0 spiro atoms. The van der Waals surface area contributed by atoms with Gasteiger partial charge in [-0.2, -0.15) is 13.2 Å². The van der Waals surface area contributed by atoms with Gasteiger partial charge in [-0.3, -0.25) is 0 Å². The quantitative estimate of drug-likeness (QED) is 0.858. The molecule has 4 nitrogen and oxygen atoms in total. The van der Waals surface area contributed by atoms with E-state index in [0.29, 0.717) is 12.1 Å². The highest BCUT2D eigenvalue weighted by molar-refractivity contribution is 5.76. The fourth-order valence-electron chi connectivity index (χ4n) is 2.03. The van der Waals surface area contributed by atoms with Crippen LogP contribution in [-0.4, -0.2) is 34.4 Å². The molecule has 0 aliphatic heterocycles. The van der Waals surface area contributed by atoms with Crippen LogP contribution in [-0.2, 0) is 12.7 Å². The Morgan fingerprint density at radius 3 is 2.68 bits per heavy atom. The molecular weight excluding hydrogens is 259 g/mol. The Morgan fingerprint density at radius 2 is 2.05 bits per heavy atom. The summed E-state index contributed by atoms with van der Waals surface area (Å²) in [5.74, 6) is -0.969. The number of alkyl halides is 3. The average molecular weight is 274 g/mol. The first-order chi connectivity index (χ1) is 8.93. The van der Waals surface area contributed by atoms with Gasteiger partial charge in [0.1, 0.15) is 12.6 Å². The van der Waals surface area contributed by atoms with E-state index in [1.807, 2.05) is 0 Å². The molecule has 2 rings (SSSR count). The van der Waals surface area contributed by atoms with Crippen LogP contribution in [0.4, 0.5) is 13.2 Å². The number of benzene rings is 1. The van der Waals surface area contributed by atoms with Crippen molar-refractivity contribution >= 4 is 11.0 Å². The van der Waals surface area contributed by atoms with Gasteiger partial charge in [-0.1, -0.05) is 12.1 Å². The van der Waals surface area contributed by atoms with Crippen molar-refractivity contribution in [2.24, 2.45) is 0 Å². The number of aliphatic hydroxyl groups is 1. The molecule has 1 aromatic carbocycles. The maximum Gasteiger partial charge on any atom is 0.449 e. The van der Waals surface area contributed by atoms with Crippen molar-refractivity contribution in [1.82, 2.24) is 9.55 Å². The second-order valence-corrected chi connectivity index (χ2v) is 4.33. The summed E-state index contributed by atoms with van der Waals surface area (Å²) in [5, 5.41) is 11.4. The molecule has 1 heterocycles. The highest BCUT2D eigenvalue weighted by Gasteiger charge is 2.37. The second-order valence-electron chi connectivity index (χ2n) is 4.33. The van der Waals surface area contributed by atoms with E-state index >= 15 is 0 Å². The van der Waals surface area contributed by atoms with Crippen LogP contribution >= 0.6 is 0 Å². The highest BCUT2D eigenvalue weighted by Crippen LogP contribution is 2.31. The predicted octanol–water partition coefficient (Wildman–Crippen LogP) is 0.609. The zero-order valence-electron chi connectivity index (χ0n) is 10.4. The number of aromatic nitrogens is 2. The van der Waals surface area contributed by atoms with E-state index in [2.05, 4.69) is 4.98 Å². The lowest BCUT2D eigenvalue weighted by Gasteiger charge is -2.14. The number of likely N-dealkylation sites (N-methyl/N-ethyl adjacent to an activating group) is 1. The Hall–Kier alpha value is -1.60. The second kappa shape index (κ2) is 5.18. The summed E-state index contributed by atoms with van der Waals surface area (Å²) in [4.78, 5) is 3.61. The summed E-state index contributed by atoms with van der Waals surface area (Å²) in [7, 11) is 1.75. The number of hydrogen-bond acceptors (Lipinski definition) is 2. The van der Waals surface area contributed by atoms with Crippen molar-refractivity contribution in [1.29, 1.82) is 0 Å². The summed E-state index contributed by atoms with van der Waals surface area (Å²) in [6, 6.07) is 6.38. The van der Waals surface area contributed by atoms with E-state index < -0.39 is 18.1 Å². The number of para-hydroxylation sites is 2. The smallest absolute Gasteiger partial charge is 0.385 e. The molecule has 3 N–H and O–H groups in total. The summed E-state index contributed by atoms with van der Waals surface area (Å²) in [6.07, 6.45) is -5.39. The number of aliphatic hydroxyl groups excluding tert-OH is 1. The molecule has 2 aromatic rings. The molecule has 19 heavy (non-hydrogen) atoms. The minimum atomic E-state index is -4.53. The zero-order valence-corrected chi connectivity index (χ0v) is 10.4. The number of nitrogens with zero attached hydrogens (tertiary/aromatic N) is 2. The van der Waals surface area contributed by atoms with E-state index in [4.69, 9.17) is 0 Å². The summed E-state index contributed by atoms with van der Waals surface area (Å²) < 4.78 is 39.9. The molecule has 0 fully saturated rings. The molecule has 0 aliphatic carbocycles. The molecule has 104 valence electrons. The van der Waals surface area contributed by atoms with Crippen LogP contribution in [0.1, 0.15) is 5.82 Å². The number of fused-ring (bicyclic) bond motifs is 1. The van der Waals surface area contributed by atoms with Crippen LogP contribution in [0.2, 0.25) is 0 Å². The average Bonchev–Trinajstić information content (AvgIpc) is 2.69. The Morgan fingerprint density at radius 1 is 1.37 bits per heavy atom. The molecule has 0 radical (unpaired) electrons. The third-order valence-corrected chi connectivity index (χ3v) is 2.81. The van der Waals surface area contributed by atoms with Gasteiger partial charge in [0.25, 0.3) is 0 Å². The van der Waals surface area contributed by atoms with Gasteiger partial charge in [0.05, 0.1) is 24.6 Å². The van der Waals surface area contributed by atoms with Crippen LogP contribution in [0.15, 0.2) is 24.3 Å². The lowest BCUT2D eigenvalue weighted by atomic mass is 10.3. The molecule has 0 saturated heterocycles. The zero-order chi connectivity index (χ0) is 14.0. The summed E-state index contributed by atoms with van der Waals surface area (Å²) >= 11 is 0. The van der Waals surface area contributed by atoms with Crippen LogP contribution in [0, 0.1) is 0 Å². The third-order valence-electron chi connectivity index (χ3n) is 2.81. The van der Waals surface area contributed by atoms with Crippen LogP contribution in [0.3, 0.4) is 0 Å². The van der Waals surface area contributed by atoms with Gasteiger partial charge >= 0.3 is 6.18 Å².